The van der Waals surface area contributed by atoms with E-state index in [2.05, 4.69) is 14.9 Å². The Balaban J connectivity index is 2.46. The molecule has 0 saturated heterocycles. The third kappa shape index (κ3) is 4.80. The zero-order valence-electron chi connectivity index (χ0n) is 13.5. The van der Waals surface area contributed by atoms with E-state index in [4.69, 9.17) is 11.6 Å². The molecule has 1 aromatic heterocycles. The summed E-state index contributed by atoms with van der Waals surface area (Å²) in [4.78, 5) is 0. The molecule has 0 bridgehead atoms. The summed E-state index contributed by atoms with van der Waals surface area (Å²) in [6.07, 6.45) is -4.62. The Morgan fingerprint density at radius 1 is 1.24 bits per heavy atom. The predicted octanol–water partition coefficient (Wildman–Crippen LogP) is 4.36. The number of aromatic nitrogens is 2. The van der Waals surface area contributed by atoms with Gasteiger partial charge in [-0.15, -0.1) is 0 Å². The van der Waals surface area contributed by atoms with Crippen molar-refractivity contribution in [3.63, 3.8) is 0 Å². The van der Waals surface area contributed by atoms with Gasteiger partial charge in [0.1, 0.15) is 5.82 Å². The van der Waals surface area contributed by atoms with Crippen LogP contribution in [-0.2, 0) is 17.2 Å². The Labute approximate surface area is 149 Å². The first-order valence-electron chi connectivity index (χ1n) is 7.15. The van der Waals surface area contributed by atoms with Crippen LogP contribution in [0.1, 0.15) is 43.8 Å². The van der Waals surface area contributed by atoms with E-state index in [1.807, 2.05) is 0 Å². The molecule has 1 unspecified atom stereocenters. The van der Waals surface area contributed by atoms with E-state index in [9.17, 15) is 21.8 Å². The van der Waals surface area contributed by atoms with Gasteiger partial charge < -0.3 is 0 Å². The molecule has 0 aliphatic carbocycles. The molecule has 0 aliphatic rings. The average Bonchev–Trinajstić information content (AvgIpc) is 2.96. The summed E-state index contributed by atoms with van der Waals surface area (Å²) in [7, 11) is -1.61. The van der Waals surface area contributed by atoms with Gasteiger partial charge in [-0.3, -0.25) is 5.10 Å². The summed E-state index contributed by atoms with van der Waals surface area (Å²) in [6, 6.07) is 3.58. The van der Waals surface area contributed by atoms with Gasteiger partial charge >= 0.3 is 6.18 Å². The second kappa shape index (κ2) is 7.05. The Bertz CT molecular complexity index is 786. The van der Waals surface area contributed by atoms with Gasteiger partial charge in [0.25, 0.3) is 0 Å². The first kappa shape index (κ1) is 19.9. The molecule has 1 heterocycles. The van der Waals surface area contributed by atoms with E-state index < -0.39 is 39.5 Å². The van der Waals surface area contributed by atoms with Gasteiger partial charge in [-0.2, -0.15) is 18.3 Å². The van der Waals surface area contributed by atoms with Crippen molar-refractivity contribution in [2.75, 3.05) is 0 Å². The third-order valence-electron chi connectivity index (χ3n) is 3.26. The zero-order chi connectivity index (χ0) is 19.0. The minimum atomic E-state index is -4.62. The topological polar surface area (TPSA) is 57.8 Å². The van der Waals surface area contributed by atoms with Crippen molar-refractivity contribution >= 4 is 22.6 Å². The molecule has 2 N–H and O–H groups in total. The molecular weight excluding hydrogens is 382 g/mol. The van der Waals surface area contributed by atoms with Crippen LogP contribution in [0, 0.1) is 5.82 Å². The minimum Gasteiger partial charge on any atom is -0.280 e. The van der Waals surface area contributed by atoms with Crippen LogP contribution in [0.5, 0.6) is 0 Å². The van der Waals surface area contributed by atoms with Gasteiger partial charge in [0.05, 0.1) is 32.5 Å². The molecule has 138 valence electrons. The number of hydrogen-bond acceptors (Lipinski definition) is 2. The predicted molar refractivity (Wildman–Crippen MR) is 87.9 cm³/mol. The van der Waals surface area contributed by atoms with Crippen molar-refractivity contribution in [2.45, 2.75) is 37.7 Å². The molecule has 0 amide bonds. The fourth-order valence-electron chi connectivity index (χ4n) is 1.92. The molecule has 0 aliphatic heterocycles. The maximum Gasteiger partial charge on any atom is 0.435 e. The highest BCUT2D eigenvalue weighted by Crippen LogP contribution is 2.32. The lowest BCUT2D eigenvalue weighted by Crippen LogP contribution is -2.36. The van der Waals surface area contributed by atoms with E-state index in [1.54, 1.807) is 20.8 Å². The highest BCUT2D eigenvalue weighted by Gasteiger charge is 2.35. The number of nitrogens with zero attached hydrogens (tertiary/aromatic N) is 1. The molecule has 0 saturated carbocycles. The summed E-state index contributed by atoms with van der Waals surface area (Å²) in [5, 5.41) is 5.35. The van der Waals surface area contributed by atoms with Gasteiger partial charge in [-0.1, -0.05) is 17.7 Å². The first-order chi connectivity index (χ1) is 11.4. The lowest BCUT2D eigenvalue weighted by molar-refractivity contribution is -0.141. The van der Waals surface area contributed by atoms with E-state index in [-0.39, 0.29) is 10.7 Å². The number of nitrogens with one attached hydrogen (secondary N) is 2. The van der Waals surface area contributed by atoms with Crippen molar-refractivity contribution in [3.05, 3.63) is 52.1 Å². The van der Waals surface area contributed by atoms with Gasteiger partial charge in [0.2, 0.25) is 0 Å². The average molecular weight is 398 g/mol. The fourth-order valence-corrected chi connectivity index (χ4v) is 2.94. The van der Waals surface area contributed by atoms with Crippen molar-refractivity contribution in [1.29, 1.82) is 0 Å². The SMILES string of the molecule is CC(C)(C)[S@@](=O)NC(c1ccc(F)c(Cl)c1)c1cc(C(F)(F)F)n[nH]1. The number of halogens is 5. The summed E-state index contributed by atoms with van der Waals surface area (Å²) in [5.41, 5.74) is -0.724. The summed E-state index contributed by atoms with van der Waals surface area (Å²) in [6.45, 7) is 5.12. The number of alkyl halides is 3. The zero-order valence-corrected chi connectivity index (χ0v) is 15.1. The minimum absolute atomic E-state index is 0.0348. The number of rotatable bonds is 4. The van der Waals surface area contributed by atoms with Gasteiger partial charge in [-0.05, 0) is 44.5 Å². The smallest absolute Gasteiger partial charge is 0.280 e. The van der Waals surface area contributed by atoms with E-state index in [0.717, 1.165) is 12.1 Å². The normalized spacial score (nSPS) is 15.2. The lowest BCUT2D eigenvalue weighted by Gasteiger charge is -2.24. The molecule has 1 aromatic carbocycles. The largest absolute Gasteiger partial charge is 0.435 e. The van der Waals surface area contributed by atoms with Crippen LogP contribution in [0.2, 0.25) is 5.02 Å². The molecule has 10 heteroatoms. The standard InChI is InChI=1S/C15H16ClF4N3OS/c1-14(2,3)25(24)23-13(8-4-5-10(17)9(16)6-8)11-7-12(22-21-11)15(18,19)20/h4-7,13,23H,1-3H3,(H,21,22)/t13?,25-/m1/s1. The van der Waals surface area contributed by atoms with Crippen LogP contribution in [0.4, 0.5) is 17.6 Å². The van der Waals surface area contributed by atoms with E-state index in [0.29, 0.717) is 5.56 Å². The molecule has 0 spiro atoms. The molecule has 0 fully saturated rings. The van der Waals surface area contributed by atoms with E-state index >= 15 is 0 Å². The van der Waals surface area contributed by atoms with Gasteiger partial charge in [-0.25, -0.2) is 13.3 Å². The molecule has 4 nitrogen and oxygen atoms in total. The molecule has 2 rings (SSSR count). The monoisotopic (exact) mass is 397 g/mol. The molecule has 2 aromatic rings. The lowest BCUT2D eigenvalue weighted by atomic mass is 10.0. The summed E-state index contributed by atoms with van der Waals surface area (Å²) < 4.78 is 66.3. The van der Waals surface area contributed by atoms with Crippen LogP contribution >= 0.6 is 11.6 Å². The van der Waals surface area contributed by atoms with Gasteiger partial charge in [0, 0.05) is 0 Å². The molecule has 0 radical (unpaired) electrons. The number of hydrogen-bond donors (Lipinski definition) is 2. The number of benzene rings is 1. The maximum atomic E-state index is 13.4. The number of H-pyrrole nitrogens is 1. The van der Waals surface area contributed by atoms with Crippen LogP contribution in [0.3, 0.4) is 0 Å². The van der Waals surface area contributed by atoms with Crippen LogP contribution < -0.4 is 4.72 Å². The molecule has 25 heavy (non-hydrogen) atoms. The first-order valence-corrected chi connectivity index (χ1v) is 8.68. The Morgan fingerprint density at radius 2 is 1.88 bits per heavy atom. The summed E-state index contributed by atoms with van der Waals surface area (Å²) >= 11 is 5.77. The Kier molecular flexibility index (Phi) is 5.60. The van der Waals surface area contributed by atoms with Crippen molar-refractivity contribution < 1.29 is 21.8 Å². The van der Waals surface area contributed by atoms with Crippen molar-refractivity contribution in [3.8, 4) is 0 Å². The highest BCUT2D eigenvalue weighted by molar-refractivity contribution is 7.84. The molecule has 2 atom stereocenters. The fraction of sp³-hybridized carbons (Fsp3) is 0.400. The van der Waals surface area contributed by atoms with Crippen molar-refractivity contribution in [2.24, 2.45) is 0 Å². The van der Waals surface area contributed by atoms with E-state index in [1.165, 1.54) is 12.1 Å². The van der Waals surface area contributed by atoms with Gasteiger partial charge in [0.15, 0.2) is 5.69 Å². The quantitative estimate of drug-likeness (QED) is 0.753. The van der Waals surface area contributed by atoms with Crippen LogP contribution in [-0.4, -0.2) is 19.2 Å². The maximum absolute atomic E-state index is 13.4. The number of aromatic amines is 1. The second-order valence-corrected chi connectivity index (χ2v) is 8.72. The highest BCUT2D eigenvalue weighted by atomic mass is 35.5. The third-order valence-corrected chi connectivity index (χ3v) is 5.11. The Hall–Kier alpha value is -1.45. The second-order valence-electron chi connectivity index (χ2n) is 6.31. The van der Waals surface area contributed by atoms with Crippen LogP contribution in [0.25, 0.3) is 0 Å². The Morgan fingerprint density at radius 3 is 2.36 bits per heavy atom. The van der Waals surface area contributed by atoms with Crippen molar-refractivity contribution in [1.82, 2.24) is 14.9 Å². The molecular formula is C15H16ClF4N3OS. The summed E-state index contributed by atoms with van der Waals surface area (Å²) in [5.74, 6) is -0.665. The van der Waals surface area contributed by atoms with Crippen LogP contribution in [0.15, 0.2) is 24.3 Å².